The molecule has 0 saturated heterocycles. The van der Waals surface area contributed by atoms with Gasteiger partial charge in [0.2, 0.25) is 5.91 Å². The van der Waals surface area contributed by atoms with Crippen LogP contribution < -0.4 is 14.4 Å². The van der Waals surface area contributed by atoms with E-state index >= 15 is 0 Å². The molecule has 0 fully saturated rings. The molecule has 1 heterocycles. The van der Waals surface area contributed by atoms with Crippen molar-refractivity contribution < 1.29 is 23.8 Å². The zero-order valence-electron chi connectivity index (χ0n) is 22.1. The van der Waals surface area contributed by atoms with Crippen LogP contribution in [-0.2, 0) is 22.5 Å². The van der Waals surface area contributed by atoms with Crippen LogP contribution in [0.15, 0.2) is 66.7 Å². The smallest absolute Gasteiger partial charge is 0.414 e. The van der Waals surface area contributed by atoms with Crippen molar-refractivity contribution in [1.29, 1.82) is 0 Å². The Balaban J connectivity index is 1.82. The summed E-state index contributed by atoms with van der Waals surface area (Å²) in [4.78, 5) is 30.5. The first kappa shape index (κ1) is 27.3. The number of carbonyl (C=O) groups excluding carboxylic acids is 2. The highest BCUT2D eigenvalue weighted by molar-refractivity contribution is 6.30. The van der Waals surface area contributed by atoms with E-state index in [-0.39, 0.29) is 31.0 Å². The standard InChI is InChI=1S/C30H33ClN2O5/c1-5-38-30(35)33-20(2)14-25(24-17-27(36-3)28(37-4)18-26(24)33)32(19-21-10-7-6-8-11-21)29(34)16-22-12-9-13-23(31)15-22/h6-13,15,17-18,20,25H,5,14,16,19H2,1-4H3. The van der Waals surface area contributed by atoms with Crippen LogP contribution in [0.25, 0.3) is 0 Å². The van der Waals surface area contributed by atoms with Crippen molar-refractivity contribution in [3.8, 4) is 11.5 Å². The molecule has 0 radical (unpaired) electrons. The van der Waals surface area contributed by atoms with Crippen molar-refractivity contribution in [3.05, 3.63) is 88.4 Å². The van der Waals surface area contributed by atoms with Crippen molar-refractivity contribution >= 4 is 29.3 Å². The lowest BCUT2D eigenvalue weighted by atomic mass is 9.89. The third-order valence-corrected chi connectivity index (χ3v) is 6.99. The van der Waals surface area contributed by atoms with Gasteiger partial charge < -0.3 is 19.1 Å². The first-order valence-electron chi connectivity index (χ1n) is 12.7. The van der Waals surface area contributed by atoms with Gasteiger partial charge in [-0.05, 0) is 49.6 Å². The summed E-state index contributed by atoms with van der Waals surface area (Å²) in [5.74, 6) is 0.975. The third-order valence-electron chi connectivity index (χ3n) is 6.76. The Bertz CT molecular complexity index is 1280. The molecule has 1 aliphatic heterocycles. The van der Waals surface area contributed by atoms with Gasteiger partial charge in [-0.3, -0.25) is 9.69 Å². The monoisotopic (exact) mass is 536 g/mol. The van der Waals surface area contributed by atoms with Gasteiger partial charge in [0.25, 0.3) is 0 Å². The van der Waals surface area contributed by atoms with E-state index in [1.807, 2.05) is 66.4 Å². The molecule has 1 aliphatic rings. The second-order valence-electron chi connectivity index (χ2n) is 9.25. The molecule has 8 heteroatoms. The highest BCUT2D eigenvalue weighted by Gasteiger charge is 2.39. The average Bonchev–Trinajstić information content (AvgIpc) is 2.91. The fraction of sp³-hybridized carbons (Fsp3) is 0.333. The van der Waals surface area contributed by atoms with Crippen LogP contribution in [0.2, 0.25) is 5.02 Å². The first-order valence-corrected chi connectivity index (χ1v) is 13.0. The molecule has 2 amide bonds. The summed E-state index contributed by atoms with van der Waals surface area (Å²) >= 11 is 6.21. The van der Waals surface area contributed by atoms with Crippen LogP contribution >= 0.6 is 11.6 Å². The van der Waals surface area contributed by atoms with E-state index in [1.54, 1.807) is 38.2 Å². The van der Waals surface area contributed by atoms with Gasteiger partial charge in [-0.2, -0.15) is 0 Å². The van der Waals surface area contributed by atoms with E-state index in [0.717, 1.165) is 16.7 Å². The van der Waals surface area contributed by atoms with Crippen molar-refractivity contribution in [2.24, 2.45) is 0 Å². The van der Waals surface area contributed by atoms with Gasteiger partial charge in [-0.25, -0.2) is 4.79 Å². The van der Waals surface area contributed by atoms with Crippen molar-refractivity contribution in [2.75, 3.05) is 25.7 Å². The molecule has 4 rings (SSSR count). The van der Waals surface area contributed by atoms with E-state index in [9.17, 15) is 9.59 Å². The molecule has 38 heavy (non-hydrogen) atoms. The Morgan fingerprint density at radius 1 is 0.974 bits per heavy atom. The minimum Gasteiger partial charge on any atom is -0.493 e. The fourth-order valence-electron chi connectivity index (χ4n) is 4.99. The number of halogens is 1. The maximum Gasteiger partial charge on any atom is 0.414 e. The molecular weight excluding hydrogens is 504 g/mol. The van der Waals surface area contributed by atoms with E-state index in [2.05, 4.69) is 0 Å². The zero-order chi connectivity index (χ0) is 27.2. The molecule has 0 N–H and O–H groups in total. The highest BCUT2D eigenvalue weighted by Crippen LogP contribution is 2.46. The van der Waals surface area contributed by atoms with Crippen molar-refractivity contribution in [2.45, 2.75) is 45.3 Å². The van der Waals surface area contributed by atoms with E-state index in [1.165, 1.54) is 0 Å². The SMILES string of the molecule is CCOC(=O)N1c2cc(OC)c(OC)cc2C(N(Cc2ccccc2)C(=O)Cc2cccc(Cl)c2)CC1C. The van der Waals surface area contributed by atoms with Crippen LogP contribution in [0.1, 0.15) is 43.0 Å². The third kappa shape index (κ3) is 5.89. The second kappa shape index (κ2) is 12.2. The maximum absolute atomic E-state index is 14.0. The first-order chi connectivity index (χ1) is 18.4. The number of methoxy groups -OCH3 is 2. The van der Waals surface area contributed by atoms with Crippen LogP contribution in [0.4, 0.5) is 10.5 Å². The Morgan fingerprint density at radius 3 is 2.32 bits per heavy atom. The normalized spacial score (nSPS) is 16.4. The molecule has 0 aliphatic carbocycles. The molecule has 2 atom stereocenters. The summed E-state index contributed by atoms with van der Waals surface area (Å²) in [7, 11) is 3.12. The molecule has 2 unspecified atom stereocenters. The molecule has 0 spiro atoms. The molecule has 200 valence electrons. The molecule has 3 aromatic carbocycles. The second-order valence-corrected chi connectivity index (χ2v) is 9.69. The molecule has 0 bridgehead atoms. The minimum atomic E-state index is -0.438. The fourth-order valence-corrected chi connectivity index (χ4v) is 5.21. The molecule has 7 nitrogen and oxygen atoms in total. The lowest BCUT2D eigenvalue weighted by Gasteiger charge is -2.43. The van der Waals surface area contributed by atoms with Gasteiger partial charge in [-0.15, -0.1) is 0 Å². The Hall–Kier alpha value is -3.71. The van der Waals surface area contributed by atoms with Crippen LogP contribution in [-0.4, -0.2) is 43.8 Å². The van der Waals surface area contributed by atoms with E-state index in [4.69, 9.17) is 25.8 Å². The Labute approximate surface area is 228 Å². The van der Waals surface area contributed by atoms with Crippen molar-refractivity contribution in [1.82, 2.24) is 4.90 Å². The van der Waals surface area contributed by atoms with Gasteiger partial charge in [0.1, 0.15) is 0 Å². The Kier molecular flexibility index (Phi) is 8.79. The summed E-state index contributed by atoms with van der Waals surface area (Å²) in [5, 5.41) is 0.587. The predicted molar refractivity (Wildman–Crippen MR) is 148 cm³/mol. The quantitative estimate of drug-likeness (QED) is 0.332. The maximum atomic E-state index is 14.0. The summed E-state index contributed by atoms with van der Waals surface area (Å²) in [5.41, 5.74) is 3.28. The van der Waals surface area contributed by atoms with Gasteiger partial charge in [-0.1, -0.05) is 54.1 Å². The minimum absolute atomic E-state index is 0.0429. The zero-order valence-corrected chi connectivity index (χ0v) is 22.9. The number of amides is 2. The lowest BCUT2D eigenvalue weighted by Crippen LogP contribution is -2.48. The summed E-state index contributed by atoms with van der Waals surface area (Å²) in [6.07, 6.45) is 0.282. The predicted octanol–water partition coefficient (Wildman–Crippen LogP) is 6.42. The van der Waals surface area contributed by atoms with E-state index in [0.29, 0.717) is 35.2 Å². The summed E-state index contributed by atoms with van der Waals surface area (Å²) in [6.45, 7) is 4.41. The summed E-state index contributed by atoms with van der Waals surface area (Å²) in [6, 6.07) is 20.3. The lowest BCUT2D eigenvalue weighted by molar-refractivity contribution is -0.134. The topological polar surface area (TPSA) is 68.3 Å². The number of benzene rings is 3. The van der Waals surface area contributed by atoms with Crippen molar-refractivity contribution in [3.63, 3.8) is 0 Å². The van der Waals surface area contributed by atoms with Crippen LogP contribution in [0.3, 0.4) is 0 Å². The number of ether oxygens (including phenoxy) is 3. The molecular formula is C30H33ClN2O5. The van der Waals surface area contributed by atoms with Crippen LogP contribution in [0.5, 0.6) is 11.5 Å². The van der Waals surface area contributed by atoms with E-state index < -0.39 is 6.09 Å². The number of anilines is 1. The number of carbonyl (C=O) groups is 2. The van der Waals surface area contributed by atoms with Gasteiger partial charge in [0, 0.05) is 29.2 Å². The number of hydrogen-bond donors (Lipinski definition) is 0. The largest absolute Gasteiger partial charge is 0.493 e. The molecule has 0 saturated carbocycles. The summed E-state index contributed by atoms with van der Waals surface area (Å²) < 4.78 is 16.6. The number of nitrogens with zero attached hydrogens (tertiary/aromatic N) is 2. The Morgan fingerprint density at radius 2 is 1.66 bits per heavy atom. The van der Waals surface area contributed by atoms with Crippen LogP contribution in [0, 0.1) is 0 Å². The molecule has 3 aromatic rings. The number of fused-ring (bicyclic) bond motifs is 1. The number of hydrogen-bond acceptors (Lipinski definition) is 5. The highest BCUT2D eigenvalue weighted by atomic mass is 35.5. The van der Waals surface area contributed by atoms with Gasteiger partial charge >= 0.3 is 6.09 Å². The van der Waals surface area contributed by atoms with Gasteiger partial charge in [0.15, 0.2) is 11.5 Å². The van der Waals surface area contributed by atoms with Gasteiger partial charge in [0.05, 0.1) is 39.0 Å². The average molecular weight is 537 g/mol. The number of rotatable bonds is 8. The molecule has 0 aromatic heterocycles.